The number of hydrogen-bond acceptors (Lipinski definition) is 2. The second kappa shape index (κ2) is 3.76. The molecule has 2 rings (SSSR count). The molecule has 1 N–H and O–H groups in total. The Bertz CT molecular complexity index is 527. The van der Waals surface area contributed by atoms with E-state index >= 15 is 0 Å². The number of hydrogen-bond donors (Lipinski definition) is 1. The summed E-state index contributed by atoms with van der Waals surface area (Å²) in [6.45, 7) is 1.50. The van der Waals surface area contributed by atoms with Crippen molar-refractivity contribution in [1.82, 2.24) is 4.98 Å². The van der Waals surface area contributed by atoms with E-state index in [0.29, 0.717) is 16.8 Å². The van der Waals surface area contributed by atoms with E-state index in [-0.39, 0.29) is 17.0 Å². The number of rotatable bonds is 1. The standard InChI is InChI=1S/C11H9ClFNO/c1-6-7(5-15)11(12)10-8(13)3-2-4-9(10)14-6/h2-4,15H,5H2,1H3. The van der Waals surface area contributed by atoms with Crippen LogP contribution in [0.25, 0.3) is 10.9 Å². The van der Waals surface area contributed by atoms with Gasteiger partial charge in [0.2, 0.25) is 0 Å². The van der Waals surface area contributed by atoms with Crippen molar-refractivity contribution in [3.8, 4) is 0 Å². The van der Waals surface area contributed by atoms with Crippen molar-refractivity contribution in [2.24, 2.45) is 0 Å². The molecule has 78 valence electrons. The van der Waals surface area contributed by atoms with Crippen LogP contribution in [0.4, 0.5) is 4.39 Å². The van der Waals surface area contributed by atoms with Crippen LogP contribution in [0.3, 0.4) is 0 Å². The Balaban J connectivity index is 2.92. The van der Waals surface area contributed by atoms with Crippen LogP contribution in [-0.4, -0.2) is 10.1 Å². The van der Waals surface area contributed by atoms with E-state index in [9.17, 15) is 4.39 Å². The van der Waals surface area contributed by atoms with Gasteiger partial charge in [-0.15, -0.1) is 0 Å². The predicted octanol–water partition coefficient (Wildman–Crippen LogP) is 2.83. The highest BCUT2D eigenvalue weighted by molar-refractivity contribution is 6.36. The molecular weight excluding hydrogens is 217 g/mol. The first kappa shape index (κ1) is 10.3. The smallest absolute Gasteiger partial charge is 0.134 e. The molecule has 2 nitrogen and oxygen atoms in total. The lowest BCUT2D eigenvalue weighted by Gasteiger charge is -2.08. The highest BCUT2D eigenvalue weighted by Crippen LogP contribution is 2.29. The van der Waals surface area contributed by atoms with E-state index in [4.69, 9.17) is 16.7 Å². The number of fused-ring (bicyclic) bond motifs is 1. The molecule has 0 bridgehead atoms. The van der Waals surface area contributed by atoms with Crippen LogP contribution in [0.5, 0.6) is 0 Å². The van der Waals surface area contributed by atoms with Crippen molar-refractivity contribution in [1.29, 1.82) is 0 Å². The van der Waals surface area contributed by atoms with Gasteiger partial charge >= 0.3 is 0 Å². The number of nitrogens with zero attached hydrogens (tertiary/aromatic N) is 1. The Kier molecular flexibility index (Phi) is 2.59. The summed E-state index contributed by atoms with van der Waals surface area (Å²) in [6.07, 6.45) is 0. The number of halogens is 2. The number of aliphatic hydroxyl groups is 1. The van der Waals surface area contributed by atoms with E-state index in [1.54, 1.807) is 19.1 Å². The molecule has 0 radical (unpaired) electrons. The van der Waals surface area contributed by atoms with Gasteiger partial charge in [-0.25, -0.2) is 4.39 Å². The Morgan fingerprint density at radius 3 is 2.87 bits per heavy atom. The van der Waals surface area contributed by atoms with Gasteiger partial charge in [-0.05, 0) is 19.1 Å². The van der Waals surface area contributed by atoms with E-state index in [1.165, 1.54) is 6.07 Å². The highest BCUT2D eigenvalue weighted by Gasteiger charge is 2.12. The summed E-state index contributed by atoms with van der Waals surface area (Å²) in [5.41, 5.74) is 1.62. The fourth-order valence-electron chi connectivity index (χ4n) is 1.56. The van der Waals surface area contributed by atoms with Gasteiger partial charge in [0.25, 0.3) is 0 Å². The fraction of sp³-hybridized carbons (Fsp3) is 0.182. The van der Waals surface area contributed by atoms with Gasteiger partial charge in [0.15, 0.2) is 0 Å². The van der Waals surface area contributed by atoms with Crippen molar-refractivity contribution in [3.63, 3.8) is 0 Å². The lowest BCUT2D eigenvalue weighted by molar-refractivity contribution is 0.281. The zero-order valence-corrected chi connectivity index (χ0v) is 8.85. The average molecular weight is 226 g/mol. The first-order valence-corrected chi connectivity index (χ1v) is 4.87. The molecule has 0 amide bonds. The minimum Gasteiger partial charge on any atom is -0.392 e. The van der Waals surface area contributed by atoms with Crippen molar-refractivity contribution in [3.05, 3.63) is 40.3 Å². The molecule has 4 heteroatoms. The summed E-state index contributed by atoms with van der Waals surface area (Å²) in [6, 6.07) is 4.60. The third-order valence-electron chi connectivity index (χ3n) is 2.36. The van der Waals surface area contributed by atoms with Gasteiger partial charge in [0, 0.05) is 11.3 Å². The van der Waals surface area contributed by atoms with Crippen molar-refractivity contribution < 1.29 is 9.50 Å². The van der Waals surface area contributed by atoms with Crippen LogP contribution in [-0.2, 0) is 6.61 Å². The Morgan fingerprint density at radius 2 is 2.20 bits per heavy atom. The molecule has 0 aliphatic rings. The summed E-state index contributed by atoms with van der Waals surface area (Å²) in [7, 11) is 0. The van der Waals surface area contributed by atoms with Crippen molar-refractivity contribution in [2.75, 3.05) is 0 Å². The zero-order valence-electron chi connectivity index (χ0n) is 8.09. The SMILES string of the molecule is Cc1nc2cccc(F)c2c(Cl)c1CO. The Labute approximate surface area is 91.3 Å². The molecule has 1 aromatic carbocycles. The maximum Gasteiger partial charge on any atom is 0.134 e. The molecule has 0 spiro atoms. The van der Waals surface area contributed by atoms with Crippen LogP contribution in [0.2, 0.25) is 5.02 Å². The van der Waals surface area contributed by atoms with E-state index in [0.717, 1.165) is 0 Å². The molecule has 15 heavy (non-hydrogen) atoms. The van der Waals surface area contributed by atoms with E-state index in [1.807, 2.05) is 0 Å². The molecule has 2 aromatic rings. The Hall–Kier alpha value is -1.19. The van der Waals surface area contributed by atoms with E-state index < -0.39 is 5.82 Å². The van der Waals surface area contributed by atoms with Crippen LogP contribution < -0.4 is 0 Å². The molecule has 0 fully saturated rings. The van der Waals surface area contributed by atoms with Crippen LogP contribution >= 0.6 is 11.6 Å². The summed E-state index contributed by atoms with van der Waals surface area (Å²) >= 11 is 6.01. The summed E-state index contributed by atoms with van der Waals surface area (Å²) in [5, 5.41) is 9.62. The first-order valence-electron chi connectivity index (χ1n) is 4.49. The Morgan fingerprint density at radius 1 is 1.47 bits per heavy atom. The third kappa shape index (κ3) is 1.58. The number of aryl methyl sites for hydroxylation is 1. The van der Waals surface area contributed by atoms with Gasteiger partial charge in [-0.2, -0.15) is 0 Å². The highest BCUT2D eigenvalue weighted by atomic mass is 35.5. The van der Waals surface area contributed by atoms with Crippen LogP contribution in [0, 0.1) is 12.7 Å². The number of aliphatic hydroxyl groups excluding tert-OH is 1. The largest absolute Gasteiger partial charge is 0.392 e. The molecule has 1 heterocycles. The lowest BCUT2D eigenvalue weighted by Crippen LogP contribution is -1.97. The van der Waals surface area contributed by atoms with Gasteiger partial charge < -0.3 is 5.11 Å². The molecule has 1 aromatic heterocycles. The average Bonchev–Trinajstić information content (AvgIpc) is 2.17. The molecule has 0 aliphatic carbocycles. The number of aromatic nitrogens is 1. The molecule has 0 saturated heterocycles. The lowest BCUT2D eigenvalue weighted by atomic mass is 10.1. The second-order valence-electron chi connectivity index (χ2n) is 3.28. The summed E-state index contributed by atoms with van der Waals surface area (Å²) < 4.78 is 13.5. The van der Waals surface area contributed by atoms with Crippen LogP contribution in [0.1, 0.15) is 11.3 Å². The molecular formula is C11H9ClFNO. The maximum atomic E-state index is 13.5. The van der Waals surface area contributed by atoms with Gasteiger partial charge in [0.1, 0.15) is 5.82 Å². The molecule has 0 unspecified atom stereocenters. The first-order chi connectivity index (χ1) is 7.15. The summed E-state index contributed by atoms with van der Waals surface area (Å²) in [4.78, 5) is 4.18. The number of pyridine rings is 1. The normalized spacial score (nSPS) is 10.9. The van der Waals surface area contributed by atoms with E-state index in [2.05, 4.69) is 4.98 Å². The topological polar surface area (TPSA) is 33.1 Å². The number of benzene rings is 1. The van der Waals surface area contributed by atoms with Gasteiger partial charge in [-0.1, -0.05) is 17.7 Å². The molecule has 0 aliphatic heterocycles. The minimum absolute atomic E-state index is 0.234. The third-order valence-corrected chi connectivity index (χ3v) is 2.78. The monoisotopic (exact) mass is 225 g/mol. The zero-order chi connectivity index (χ0) is 11.0. The van der Waals surface area contributed by atoms with Gasteiger partial charge in [0.05, 0.1) is 22.5 Å². The minimum atomic E-state index is -0.417. The predicted molar refractivity (Wildman–Crippen MR) is 57.4 cm³/mol. The summed E-state index contributed by atoms with van der Waals surface area (Å²) in [5.74, 6) is -0.417. The second-order valence-corrected chi connectivity index (χ2v) is 3.66. The molecule has 0 atom stereocenters. The van der Waals surface area contributed by atoms with Crippen LogP contribution in [0.15, 0.2) is 18.2 Å². The quantitative estimate of drug-likeness (QED) is 0.810. The molecule has 0 saturated carbocycles. The van der Waals surface area contributed by atoms with Crippen molar-refractivity contribution in [2.45, 2.75) is 13.5 Å². The fourth-order valence-corrected chi connectivity index (χ4v) is 1.95. The van der Waals surface area contributed by atoms with Crippen molar-refractivity contribution >= 4 is 22.5 Å². The van der Waals surface area contributed by atoms with Gasteiger partial charge in [-0.3, -0.25) is 4.98 Å². The maximum absolute atomic E-state index is 13.5.